The molecule has 7 nitrogen and oxygen atoms in total. The first kappa shape index (κ1) is 23.6. The highest BCUT2D eigenvalue weighted by molar-refractivity contribution is 5.62. The summed E-state index contributed by atoms with van der Waals surface area (Å²) in [5.41, 5.74) is 4.87. The van der Waals surface area contributed by atoms with Gasteiger partial charge in [-0.2, -0.15) is 5.26 Å². The maximum atomic E-state index is 9.05. The van der Waals surface area contributed by atoms with E-state index < -0.39 is 0 Å². The van der Waals surface area contributed by atoms with E-state index in [4.69, 9.17) is 19.7 Å². The molecule has 1 fully saturated rings. The Balaban J connectivity index is 1.55. The number of aromatic nitrogens is 1. The molecule has 0 atom stereocenters. The topological polar surface area (TPSA) is 82.4 Å². The number of morpholine rings is 1. The molecule has 4 rings (SSSR count). The van der Waals surface area contributed by atoms with Gasteiger partial charge in [-0.3, -0.25) is 4.90 Å². The van der Waals surface area contributed by atoms with Crippen LogP contribution in [0.25, 0.3) is 0 Å². The van der Waals surface area contributed by atoms with Crippen molar-refractivity contribution < 1.29 is 9.47 Å². The summed E-state index contributed by atoms with van der Waals surface area (Å²) in [6.07, 6.45) is 0. The van der Waals surface area contributed by atoms with Gasteiger partial charge in [0.15, 0.2) is 0 Å². The summed E-state index contributed by atoms with van der Waals surface area (Å²) < 4.78 is 11.8. The molecular weight excluding hydrogens is 426 g/mol. The molecule has 0 unspecified atom stereocenters. The van der Waals surface area contributed by atoms with Crippen molar-refractivity contribution >= 4 is 17.3 Å². The van der Waals surface area contributed by atoms with Crippen LogP contribution in [-0.2, 0) is 4.74 Å². The highest BCUT2D eigenvalue weighted by atomic mass is 16.5. The summed E-state index contributed by atoms with van der Waals surface area (Å²) in [5.74, 6) is 2.97. The van der Waals surface area contributed by atoms with Gasteiger partial charge in [-0.25, -0.2) is 4.98 Å². The number of rotatable bonds is 8. The van der Waals surface area contributed by atoms with E-state index in [1.54, 1.807) is 12.1 Å². The van der Waals surface area contributed by atoms with Gasteiger partial charge in [0.05, 0.1) is 24.8 Å². The van der Waals surface area contributed by atoms with Gasteiger partial charge in [-0.1, -0.05) is 17.7 Å². The quantitative estimate of drug-likeness (QED) is 0.483. The first-order valence-corrected chi connectivity index (χ1v) is 11.6. The predicted octanol–water partition coefficient (Wildman–Crippen LogP) is 5.16. The van der Waals surface area contributed by atoms with E-state index in [0.717, 1.165) is 67.8 Å². The van der Waals surface area contributed by atoms with Crippen molar-refractivity contribution in [2.45, 2.75) is 20.8 Å². The van der Waals surface area contributed by atoms with E-state index in [9.17, 15) is 0 Å². The van der Waals surface area contributed by atoms with E-state index in [2.05, 4.69) is 54.5 Å². The molecule has 0 bridgehead atoms. The molecule has 0 saturated carbocycles. The van der Waals surface area contributed by atoms with Crippen LogP contribution in [0.2, 0.25) is 0 Å². The van der Waals surface area contributed by atoms with Crippen LogP contribution in [0.15, 0.2) is 48.5 Å². The van der Waals surface area contributed by atoms with E-state index >= 15 is 0 Å². The Morgan fingerprint density at radius 3 is 2.35 bits per heavy atom. The zero-order chi connectivity index (χ0) is 23.9. The number of hydrogen-bond acceptors (Lipinski definition) is 7. The average molecular weight is 458 g/mol. The number of hydrogen-bond donors (Lipinski definition) is 2. The van der Waals surface area contributed by atoms with Crippen LogP contribution in [0.4, 0.5) is 17.3 Å². The van der Waals surface area contributed by atoms with Crippen LogP contribution in [0.1, 0.15) is 22.3 Å². The number of anilines is 3. The van der Waals surface area contributed by atoms with Crippen molar-refractivity contribution in [1.29, 1.82) is 5.26 Å². The number of benzene rings is 2. The molecule has 0 amide bonds. The minimum absolute atomic E-state index is 0.617. The van der Waals surface area contributed by atoms with Crippen molar-refractivity contribution in [3.63, 3.8) is 0 Å². The molecule has 176 valence electrons. The predicted molar refractivity (Wildman–Crippen MR) is 135 cm³/mol. The second-order valence-electron chi connectivity index (χ2n) is 8.60. The zero-order valence-electron chi connectivity index (χ0n) is 20.0. The van der Waals surface area contributed by atoms with Crippen LogP contribution in [0.5, 0.6) is 11.5 Å². The van der Waals surface area contributed by atoms with E-state index in [-0.39, 0.29) is 0 Å². The molecule has 1 aliphatic rings. The van der Waals surface area contributed by atoms with Gasteiger partial charge in [0.25, 0.3) is 0 Å². The van der Waals surface area contributed by atoms with Gasteiger partial charge in [0.2, 0.25) is 0 Å². The van der Waals surface area contributed by atoms with Gasteiger partial charge in [0, 0.05) is 44.0 Å². The van der Waals surface area contributed by atoms with Crippen LogP contribution >= 0.6 is 0 Å². The third-order valence-electron chi connectivity index (χ3n) is 5.75. The van der Waals surface area contributed by atoms with Crippen LogP contribution in [-0.4, -0.2) is 49.3 Å². The highest BCUT2D eigenvalue weighted by Crippen LogP contribution is 2.32. The van der Waals surface area contributed by atoms with Crippen molar-refractivity contribution in [3.05, 3.63) is 70.8 Å². The lowest BCUT2D eigenvalue weighted by atomic mass is 10.1. The first-order chi connectivity index (χ1) is 16.5. The summed E-state index contributed by atoms with van der Waals surface area (Å²) >= 11 is 0. The number of aryl methyl sites for hydroxylation is 3. The summed E-state index contributed by atoms with van der Waals surface area (Å²) in [7, 11) is 0. The van der Waals surface area contributed by atoms with Crippen LogP contribution in [0, 0.1) is 32.1 Å². The van der Waals surface area contributed by atoms with E-state index in [1.807, 2.05) is 24.3 Å². The molecule has 34 heavy (non-hydrogen) atoms. The average Bonchev–Trinajstić information content (AvgIpc) is 2.82. The summed E-state index contributed by atoms with van der Waals surface area (Å²) in [6.45, 7) is 11.4. The Labute approximate surface area is 201 Å². The smallest absolute Gasteiger partial charge is 0.136 e. The fourth-order valence-electron chi connectivity index (χ4n) is 4.11. The monoisotopic (exact) mass is 457 g/mol. The molecular formula is C27H31N5O2. The number of nitrogens with one attached hydrogen (secondary N) is 2. The molecule has 2 aromatic carbocycles. The lowest BCUT2D eigenvalue weighted by molar-refractivity contribution is 0.0398. The van der Waals surface area contributed by atoms with Crippen molar-refractivity contribution in [2.75, 3.05) is 50.0 Å². The Kier molecular flexibility index (Phi) is 7.63. The lowest BCUT2D eigenvalue weighted by Crippen LogP contribution is -2.39. The number of nitriles is 1. The molecule has 2 N–H and O–H groups in total. The Morgan fingerprint density at radius 2 is 1.68 bits per heavy atom. The second kappa shape index (κ2) is 11.0. The molecule has 7 heteroatoms. The third-order valence-corrected chi connectivity index (χ3v) is 5.75. The highest BCUT2D eigenvalue weighted by Gasteiger charge is 2.12. The fourth-order valence-corrected chi connectivity index (χ4v) is 4.11. The first-order valence-electron chi connectivity index (χ1n) is 11.6. The molecule has 1 aliphatic heterocycles. The Morgan fingerprint density at radius 1 is 1.00 bits per heavy atom. The number of pyridine rings is 1. The molecule has 2 heterocycles. The zero-order valence-corrected chi connectivity index (χ0v) is 20.0. The normalized spacial score (nSPS) is 13.8. The maximum Gasteiger partial charge on any atom is 0.136 e. The summed E-state index contributed by atoms with van der Waals surface area (Å²) in [5, 5.41) is 15.8. The Hall–Kier alpha value is -3.60. The van der Waals surface area contributed by atoms with Gasteiger partial charge < -0.3 is 20.1 Å². The summed E-state index contributed by atoms with van der Waals surface area (Å²) in [6, 6.07) is 17.5. The SMILES string of the molecule is Cc1cc(C)c(Oc2cc(NCCN3CCOCC3)nc(Nc3ccc(C#N)cc3)c2)c(C)c1. The Bertz CT molecular complexity index is 1140. The van der Waals surface area contributed by atoms with Gasteiger partial charge in [-0.15, -0.1) is 0 Å². The van der Waals surface area contributed by atoms with Gasteiger partial charge in [0.1, 0.15) is 23.1 Å². The summed E-state index contributed by atoms with van der Waals surface area (Å²) in [4.78, 5) is 7.12. The largest absolute Gasteiger partial charge is 0.457 e. The van der Waals surface area contributed by atoms with E-state index in [1.165, 1.54) is 5.56 Å². The molecule has 0 radical (unpaired) electrons. The second-order valence-corrected chi connectivity index (χ2v) is 8.60. The van der Waals surface area contributed by atoms with Crippen molar-refractivity contribution in [3.8, 4) is 17.6 Å². The standard InChI is InChI=1S/C27H31N5O2/c1-19-14-20(2)27(21(3)15-19)34-24-16-25(29-8-9-32-10-12-33-13-11-32)31-26(17-24)30-23-6-4-22(18-28)5-7-23/h4-7,14-17H,8-13H2,1-3H3,(H2,29,30,31). The van der Waals surface area contributed by atoms with Crippen LogP contribution < -0.4 is 15.4 Å². The van der Waals surface area contributed by atoms with Gasteiger partial charge >= 0.3 is 0 Å². The minimum Gasteiger partial charge on any atom is -0.457 e. The van der Waals surface area contributed by atoms with Crippen molar-refractivity contribution in [2.24, 2.45) is 0 Å². The number of nitrogens with zero attached hydrogens (tertiary/aromatic N) is 3. The molecule has 3 aromatic rings. The van der Waals surface area contributed by atoms with E-state index in [0.29, 0.717) is 17.1 Å². The molecule has 1 saturated heterocycles. The number of ether oxygens (including phenoxy) is 2. The third kappa shape index (κ3) is 6.25. The molecule has 0 aliphatic carbocycles. The molecule has 0 spiro atoms. The van der Waals surface area contributed by atoms with Gasteiger partial charge in [-0.05, 0) is 56.2 Å². The van der Waals surface area contributed by atoms with Crippen molar-refractivity contribution in [1.82, 2.24) is 9.88 Å². The molecule has 1 aromatic heterocycles. The maximum absolute atomic E-state index is 9.05. The van der Waals surface area contributed by atoms with Crippen LogP contribution in [0.3, 0.4) is 0 Å². The fraction of sp³-hybridized carbons (Fsp3) is 0.333. The minimum atomic E-state index is 0.617. The lowest BCUT2D eigenvalue weighted by Gasteiger charge is -2.26.